The van der Waals surface area contributed by atoms with Crippen LogP contribution in [0.25, 0.3) is 10.8 Å². The van der Waals surface area contributed by atoms with Crippen molar-refractivity contribution in [1.29, 1.82) is 0 Å². The quantitative estimate of drug-likeness (QED) is 0.448. The van der Waals surface area contributed by atoms with Gasteiger partial charge in [0.05, 0.1) is 6.42 Å². The van der Waals surface area contributed by atoms with E-state index in [1.807, 2.05) is 42.5 Å². The third-order valence-corrected chi connectivity index (χ3v) is 4.29. The molecule has 0 fully saturated rings. The molecule has 0 atom stereocenters. The lowest BCUT2D eigenvalue weighted by atomic mass is 10.1. The van der Waals surface area contributed by atoms with Gasteiger partial charge in [0.1, 0.15) is 5.75 Å². The molecule has 0 bridgehead atoms. The van der Waals surface area contributed by atoms with Crippen LogP contribution in [0.15, 0.2) is 71.8 Å². The van der Waals surface area contributed by atoms with Crippen molar-refractivity contribution < 1.29 is 14.3 Å². The SMILES string of the molecule is C/C(CC(=O)Nc1cccc2ccccc12)=N\NC(=O)COc1ccc(Cl)cc1. The summed E-state index contributed by atoms with van der Waals surface area (Å²) in [7, 11) is 0. The summed E-state index contributed by atoms with van der Waals surface area (Å²) in [6.45, 7) is 1.48. The molecule has 0 saturated carbocycles. The minimum atomic E-state index is -0.422. The van der Waals surface area contributed by atoms with Gasteiger partial charge < -0.3 is 10.1 Å². The van der Waals surface area contributed by atoms with Crippen LogP contribution in [-0.2, 0) is 9.59 Å². The molecule has 0 aliphatic rings. The smallest absolute Gasteiger partial charge is 0.277 e. The molecule has 6 nitrogen and oxygen atoms in total. The molecule has 3 rings (SSSR count). The fourth-order valence-corrected chi connectivity index (χ4v) is 2.80. The molecular weight excluding hydrogens is 390 g/mol. The van der Waals surface area contributed by atoms with Gasteiger partial charge in [-0.2, -0.15) is 5.10 Å². The van der Waals surface area contributed by atoms with E-state index in [4.69, 9.17) is 16.3 Å². The van der Waals surface area contributed by atoms with E-state index < -0.39 is 5.91 Å². The van der Waals surface area contributed by atoms with Crippen molar-refractivity contribution in [3.63, 3.8) is 0 Å². The van der Waals surface area contributed by atoms with Gasteiger partial charge in [0, 0.05) is 21.8 Å². The molecule has 0 unspecified atom stereocenters. The molecule has 2 N–H and O–H groups in total. The van der Waals surface area contributed by atoms with Crippen LogP contribution in [0.4, 0.5) is 5.69 Å². The Balaban J connectivity index is 1.49. The highest BCUT2D eigenvalue weighted by Gasteiger charge is 2.08. The molecule has 148 valence electrons. The Kier molecular flexibility index (Phi) is 6.81. The van der Waals surface area contributed by atoms with Gasteiger partial charge in [0.25, 0.3) is 5.91 Å². The highest BCUT2D eigenvalue weighted by Crippen LogP contribution is 2.23. The van der Waals surface area contributed by atoms with Crippen LogP contribution in [0.2, 0.25) is 5.02 Å². The monoisotopic (exact) mass is 409 g/mol. The van der Waals surface area contributed by atoms with Gasteiger partial charge in [-0.1, -0.05) is 48.0 Å². The summed E-state index contributed by atoms with van der Waals surface area (Å²) in [5.41, 5.74) is 3.59. The number of carbonyl (C=O) groups excluding carboxylic acids is 2. The van der Waals surface area contributed by atoms with Gasteiger partial charge in [-0.3, -0.25) is 9.59 Å². The molecule has 0 aliphatic carbocycles. The van der Waals surface area contributed by atoms with Crippen molar-refractivity contribution in [3.8, 4) is 5.75 Å². The van der Waals surface area contributed by atoms with Crippen LogP contribution < -0.4 is 15.5 Å². The van der Waals surface area contributed by atoms with Crippen molar-refractivity contribution in [3.05, 3.63) is 71.8 Å². The van der Waals surface area contributed by atoms with E-state index in [1.165, 1.54) is 0 Å². The lowest BCUT2D eigenvalue weighted by molar-refractivity contribution is -0.123. The summed E-state index contributed by atoms with van der Waals surface area (Å²) in [5, 5.41) is 9.43. The van der Waals surface area contributed by atoms with Gasteiger partial charge in [-0.05, 0) is 42.6 Å². The molecule has 3 aromatic carbocycles. The molecule has 7 heteroatoms. The summed E-state index contributed by atoms with van der Waals surface area (Å²) >= 11 is 5.79. The standard InChI is InChI=1S/C22H20ClN3O3/c1-15(25-26-22(28)14-29-18-11-9-17(23)10-12-18)13-21(27)24-20-8-4-6-16-5-2-3-7-19(16)20/h2-12H,13-14H2,1H3,(H,24,27)(H,26,28)/b25-15+. The molecule has 0 heterocycles. The van der Waals surface area contributed by atoms with Gasteiger partial charge in [0.15, 0.2) is 6.61 Å². The van der Waals surface area contributed by atoms with E-state index in [1.54, 1.807) is 31.2 Å². The Morgan fingerprint density at radius 1 is 0.966 bits per heavy atom. The number of fused-ring (bicyclic) bond motifs is 1. The van der Waals surface area contributed by atoms with Crippen LogP contribution in [0.3, 0.4) is 0 Å². The Labute approximate surface area is 173 Å². The maximum absolute atomic E-state index is 12.3. The number of carbonyl (C=O) groups is 2. The fraction of sp³-hybridized carbons (Fsp3) is 0.136. The van der Waals surface area contributed by atoms with Crippen molar-refractivity contribution in [2.24, 2.45) is 5.10 Å². The first kappa shape index (κ1) is 20.4. The Morgan fingerprint density at radius 3 is 2.48 bits per heavy atom. The highest BCUT2D eigenvalue weighted by atomic mass is 35.5. The number of amides is 2. The molecule has 2 amide bonds. The Hall–Kier alpha value is -3.38. The van der Waals surface area contributed by atoms with Crippen LogP contribution in [-0.4, -0.2) is 24.1 Å². The van der Waals surface area contributed by atoms with Crippen LogP contribution in [0.5, 0.6) is 5.75 Å². The maximum Gasteiger partial charge on any atom is 0.277 e. The van der Waals surface area contributed by atoms with Gasteiger partial charge in [0.2, 0.25) is 5.91 Å². The lowest BCUT2D eigenvalue weighted by Crippen LogP contribution is -2.26. The maximum atomic E-state index is 12.3. The zero-order valence-corrected chi connectivity index (χ0v) is 16.6. The molecule has 0 aromatic heterocycles. The summed E-state index contributed by atoms with van der Waals surface area (Å²) < 4.78 is 5.34. The Morgan fingerprint density at radius 2 is 1.69 bits per heavy atom. The summed E-state index contributed by atoms with van der Waals surface area (Å²) in [5.74, 6) is -0.109. The Bertz CT molecular complexity index is 1040. The third kappa shape index (κ3) is 6.05. The minimum absolute atomic E-state index is 0.0571. The molecule has 0 spiro atoms. The first-order chi connectivity index (χ1) is 14.0. The van der Waals surface area contributed by atoms with Crippen LogP contribution in [0.1, 0.15) is 13.3 Å². The van der Waals surface area contributed by atoms with Crippen molar-refractivity contribution in [1.82, 2.24) is 5.43 Å². The van der Waals surface area contributed by atoms with E-state index >= 15 is 0 Å². The van der Waals surface area contributed by atoms with Gasteiger partial charge in [-0.15, -0.1) is 0 Å². The van der Waals surface area contributed by atoms with E-state index in [0.717, 1.165) is 16.5 Å². The number of halogens is 1. The van der Waals surface area contributed by atoms with Gasteiger partial charge >= 0.3 is 0 Å². The van der Waals surface area contributed by atoms with E-state index in [0.29, 0.717) is 16.5 Å². The summed E-state index contributed by atoms with van der Waals surface area (Å²) in [6.07, 6.45) is 0.0571. The van der Waals surface area contributed by atoms with Gasteiger partial charge in [-0.25, -0.2) is 5.43 Å². The minimum Gasteiger partial charge on any atom is -0.484 e. The van der Waals surface area contributed by atoms with Crippen LogP contribution >= 0.6 is 11.6 Å². The zero-order valence-electron chi connectivity index (χ0n) is 15.8. The molecule has 0 aliphatic heterocycles. The summed E-state index contributed by atoms with van der Waals surface area (Å²) in [4.78, 5) is 24.2. The molecule has 0 saturated heterocycles. The fourth-order valence-electron chi connectivity index (χ4n) is 2.67. The van der Waals surface area contributed by atoms with E-state index in [9.17, 15) is 9.59 Å². The second-order valence-corrected chi connectivity index (χ2v) is 6.81. The average Bonchev–Trinajstić information content (AvgIpc) is 2.72. The number of hydrazone groups is 1. The average molecular weight is 410 g/mol. The van der Waals surface area contributed by atoms with Crippen molar-refractivity contribution >= 4 is 45.6 Å². The predicted molar refractivity (Wildman–Crippen MR) is 115 cm³/mol. The molecular formula is C22H20ClN3O3. The van der Waals surface area contributed by atoms with Crippen molar-refractivity contribution in [2.45, 2.75) is 13.3 Å². The number of benzene rings is 3. The first-order valence-electron chi connectivity index (χ1n) is 8.99. The van der Waals surface area contributed by atoms with Crippen LogP contribution in [0, 0.1) is 0 Å². The van der Waals surface area contributed by atoms with E-state index in [2.05, 4.69) is 15.8 Å². The number of anilines is 1. The number of ether oxygens (including phenoxy) is 1. The van der Waals surface area contributed by atoms with E-state index in [-0.39, 0.29) is 18.9 Å². The highest BCUT2D eigenvalue weighted by molar-refractivity contribution is 6.30. The summed E-state index contributed by atoms with van der Waals surface area (Å²) in [6, 6.07) is 20.2. The second kappa shape index (κ2) is 9.71. The predicted octanol–water partition coefficient (Wildman–Crippen LogP) is 4.39. The third-order valence-electron chi connectivity index (χ3n) is 4.04. The lowest BCUT2D eigenvalue weighted by Gasteiger charge is -2.09. The normalized spacial score (nSPS) is 11.2. The molecule has 29 heavy (non-hydrogen) atoms. The number of nitrogens with zero attached hydrogens (tertiary/aromatic N) is 1. The second-order valence-electron chi connectivity index (χ2n) is 6.38. The van der Waals surface area contributed by atoms with Crippen molar-refractivity contribution in [2.75, 3.05) is 11.9 Å². The molecule has 0 radical (unpaired) electrons. The largest absolute Gasteiger partial charge is 0.484 e. The topological polar surface area (TPSA) is 79.8 Å². The number of hydrogen-bond acceptors (Lipinski definition) is 4. The number of rotatable bonds is 7. The first-order valence-corrected chi connectivity index (χ1v) is 9.37. The molecule has 3 aromatic rings. The number of hydrogen-bond donors (Lipinski definition) is 2. The zero-order chi connectivity index (χ0) is 20.6. The number of nitrogens with one attached hydrogen (secondary N) is 2.